The van der Waals surface area contributed by atoms with Gasteiger partial charge >= 0.3 is 0 Å². The molecule has 0 saturated carbocycles. The van der Waals surface area contributed by atoms with Gasteiger partial charge in [-0.25, -0.2) is 0 Å². The molecular formula is C11H22N2O2. The zero-order valence-electron chi connectivity index (χ0n) is 9.72. The van der Waals surface area contributed by atoms with Crippen molar-refractivity contribution < 1.29 is 9.94 Å². The molecule has 0 aliphatic carbocycles. The van der Waals surface area contributed by atoms with E-state index in [2.05, 4.69) is 23.9 Å². The summed E-state index contributed by atoms with van der Waals surface area (Å²) in [4.78, 5) is 7.52. The molecule has 1 N–H and O–H groups in total. The van der Waals surface area contributed by atoms with E-state index >= 15 is 0 Å². The van der Waals surface area contributed by atoms with Crippen molar-refractivity contribution in [1.29, 1.82) is 0 Å². The Morgan fingerprint density at radius 3 is 3.07 bits per heavy atom. The van der Waals surface area contributed by atoms with Gasteiger partial charge in [-0.15, -0.1) is 0 Å². The largest absolute Gasteiger partial charge is 0.395 e. The van der Waals surface area contributed by atoms with Gasteiger partial charge in [-0.05, 0) is 25.3 Å². The Morgan fingerprint density at radius 2 is 2.40 bits per heavy atom. The summed E-state index contributed by atoms with van der Waals surface area (Å²) in [6, 6.07) is 0.432. The fourth-order valence-corrected chi connectivity index (χ4v) is 1.80. The van der Waals surface area contributed by atoms with Crippen LogP contribution in [-0.2, 0) is 4.84 Å². The molecule has 15 heavy (non-hydrogen) atoms. The highest BCUT2D eigenvalue weighted by Gasteiger charge is 2.24. The van der Waals surface area contributed by atoms with Gasteiger partial charge in [0.15, 0.2) is 0 Å². The van der Waals surface area contributed by atoms with Gasteiger partial charge in [0.05, 0.1) is 6.61 Å². The van der Waals surface area contributed by atoms with Crippen molar-refractivity contribution in [2.45, 2.75) is 32.7 Å². The summed E-state index contributed by atoms with van der Waals surface area (Å²) in [7, 11) is 0. The summed E-state index contributed by atoms with van der Waals surface area (Å²) in [5.41, 5.74) is 0. The number of β-amino-alcohol motifs (C(OH)–C–C–N with tert-alkyl or cyclic N) is 1. The number of aliphatic hydroxyl groups excluding tert-OH is 1. The van der Waals surface area contributed by atoms with E-state index in [-0.39, 0.29) is 6.61 Å². The molecule has 0 spiro atoms. The van der Waals surface area contributed by atoms with Crippen LogP contribution < -0.4 is 0 Å². The molecule has 1 saturated heterocycles. The highest BCUT2D eigenvalue weighted by Crippen LogP contribution is 2.16. The molecule has 0 unspecified atom stereocenters. The monoisotopic (exact) mass is 214 g/mol. The first-order chi connectivity index (χ1) is 7.24. The van der Waals surface area contributed by atoms with Crippen LogP contribution in [0.3, 0.4) is 0 Å². The van der Waals surface area contributed by atoms with Crippen LogP contribution in [0.5, 0.6) is 0 Å². The number of rotatable bonds is 6. The molecule has 0 aromatic carbocycles. The lowest BCUT2D eigenvalue weighted by Gasteiger charge is -2.21. The maximum absolute atomic E-state index is 8.88. The Labute approximate surface area is 91.9 Å². The molecule has 0 bridgehead atoms. The Hall–Kier alpha value is -0.610. The lowest BCUT2D eigenvalue weighted by atomic mass is 10.2. The molecular weight excluding hydrogens is 192 g/mol. The average Bonchev–Trinajstić information content (AvgIpc) is 2.61. The molecule has 88 valence electrons. The summed E-state index contributed by atoms with van der Waals surface area (Å²) in [5, 5.41) is 12.8. The van der Waals surface area contributed by atoms with Crippen molar-refractivity contribution in [1.82, 2.24) is 4.90 Å². The molecule has 1 atom stereocenters. The zero-order chi connectivity index (χ0) is 11.1. The number of hydrogen-bond acceptors (Lipinski definition) is 4. The maximum Gasteiger partial charge on any atom is 0.132 e. The smallest absolute Gasteiger partial charge is 0.132 e. The first-order valence-electron chi connectivity index (χ1n) is 5.74. The lowest BCUT2D eigenvalue weighted by Crippen LogP contribution is -2.34. The van der Waals surface area contributed by atoms with Crippen molar-refractivity contribution in [2.75, 3.05) is 26.3 Å². The molecule has 0 radical (unpaired) electrons. The van der Waals surface area contributed by atoms with Crippen molar-refractivity contribution in [3.8, 4) is 0 Å². The fourth-order valence-electron chi connectivity index (χ4n) is 1.80. The summed E-state index contributed by atoms with van der Waals surface area (Å²) in [6.07, 6.45) is 4.16. The van der Waals surface area contributed by atoms with Crippen molar-refractivity contribution in [3.63, 3.8) is 0 Å². The van der Waals surface area contributed by atoms with Gasteiger partial charge in [0.2, 0.25) is 0 Å². The minimum absolute atomic E-state index is 0.228. The SMILES string of the molecule is CC(C)/C=N/OC[C@@H]1CCCN1CCO. The van der Waals surface area contributed by atoms with Gasteiger partial charge in [-0.2, -0.15) is 0 Å². The van der Waals surface area contributed by atoms with Crippen LogP contribution in [0.2, 0.25) is 0 Å². The Morgan fingerprint density at radius 1 is 1.60 bits per heavy atom. The topological polar surface area (TPSA) is 45.1 Å². The minimum Gasteiger partial charge on any atom is -0.395 e. The molecule has 0 amide bonds. The van der Waals surface area contributed by atoms with Crippen molar-refractivity contribution >= 4 is 6.21 Å². The molecule has 1 rings (SSSR count). The molecule has 0 aromatic heterocycles. The Balaban J connectivity index is 2.19. The summed E-state index contributed by atoms with van der Waals surface area (Å²) in [5.74, 6) is 0.433. The predicted molar refractivity (Wildman–Crippen MR) is 61.0 cm³/mol. The quantitative estimate of drug-likeness (QED) is 0.532. The van der Waals surface area contributed by atoms with E-state index in [1.165, 1.54) is 6.42 Å². The summed E-state index contributed by atoms with van der Waals surface area (Å²) >= 11 is 0. The third kappa shape index (κ3) is 4.62. The van der Waals surface area contributed by atoms with E-state index in [1.807, 2.05) is 6.21 Å². The van der Waals surface area contributed by atoms with Gasteiger partial charge in [-0.3, -0.25) is 4.90 Å². The molecule has 1 aliphatic heterocycles. The number of likely N-dealkylation sites (tertiary alicyclic amines) is 1. The minimum atomic E-state index is 0.228. The third-order valence-electron chi connectivity index (χ3n) is 2.59. The van der Waals surface area contributed by atoms with Crippen LogP contribution in [0.4, 0.5) is 0 Å². The molecule has 1 fully saturated rings. The van der Waals surface area contributed by atoms with Crippen LogP contribution in [0.15, 0.2) is 5.16 Å². The highest BCUT2D eigenvalue weighted by molar-refractivity contribution is 5.58. The van der Waals surface area contributed by atoms with Crippen LogP contribution in [0.1, 0.15) is 26.7 Å². The first-order valence-corrected chi connectivity index (χ1v) is 5.74. The second-order valence-electron chi connectivity index (χ2n) is 4.35. The Kier molecular flexibility index (Phi) is 5.65. The molecule has 4 heteroatoms. The van der Waals surface area contributed by atoms with E-state index < -0.39 is 0 Å². The van der Waals surface area contributed by atoms with Crippen molar-refractivity contribution in [2.24, 2.45) is 11.1 Å². The van der Waals surface area contributed by atoms with Gasteiger partial charge in [0, 0.05) is 18.8 Å². The molecule has 1 aliphatic rings. The van der Waals surface area contributed by atoms with Crippen LogP contribution in [-0.4, -0.2) is 48.6 Å². The van der Waals surface area contributed by atoms with Gasteiger partial charge < -0.3 is 9.94 Å². The zero-order valence-corrected chi connectivity index (χ0v) is 9.72. The van der Waals surface area contributed by atoms with Gasteiger partial charge in [-0.1, -0.05) is 19.0 Å². The summed E-state index contributed by atoms with van der Waals surface area (Å²) in [6.45, 7) is 6.83. The predicted octanol–water partition coefficient (Wildman–Crippen LogP) is 1.10. The highest BCUT2D eigenvalue weighted by atomic mass is 16.6. The number of hydrogen-bond donors (Lipinski definition) is 1. The van der Waals surface area contributed by atoms with Crippen LogP contribution in [0.25, 0.3) is 0 Å². The van der Waals surface area contributed by atoms with E-state index in [0.29, 0.717) is 18.6 Å². The van der Waals surface area contributed by atoms with E-state index in [9.17, 15) is 0 Å². The third-order valence-corrected chi connectivity index (χ3v) is 2.59. The molecule has 0 aromatic rings. The van der Waals surface area contributed by atoms with Gasteiger partial charge in [0.25, 0.3) is 0 Å². The normalized spacial score (nSPS) is 23.1. The number of oxime groups is 1. The fraction of sp³-hybridized carbons (Fsp3) is 0.909. The molecule has 4 nitrogen and oxygen atoms in total. The number of nitrogens with zero attached hydrogens (tertiary/aromatic N) is 2. The van der Waals surface area contributed by atoms with Crippen LogP contribution in [0, 0.1) is 5.92 Å². The van der Waals surface area contributed by atoms with Gasteiger partial charge in [0.1, 0.15) is 6.61 Å². The molecule has 1 heterocycles. The van der Waals surface area contributed by atoms with E-state index in [1.54, 1.807) is 0 Å². The second-order valence-corrected chi connectivity index (χ2v) is 4.35. The second kappa shape index (κ2) is 6.80. The summed E-state index contributed by atoms with van der Waals surface area (Å²) < 4.78 is 0. The Bertz CT molecular complexity index is 195. The standard InChI is InChI=1S/C11H22N2O2/c1-10(2)8-12-15-9-11-4-3-5-13(11)6-7-14/h8,10-11,14H,3-7,9H2,1-2H3/b12-8+/t11-/m0/s1. The van der Waals surface area contributed by atoms with E-state index in [0.717, 1.165) is 19.5 Å². The van der Waals surface area contributed by atoms with E-state index in [4.69, 9.17) is 9.94 Å². The number of aliphatic hydroxyl groups is 1. The average molecular weight is 214 g/mol. The first kappa shape index (κ1) is 12.5. The maximum atomic E-state index is 8.88. The van der Waals surface area contributed by atoms with Crippen molar-refractivity contribution in [3.05, 3.63) is 0 Å². The van der Waals surface area contributed by atoms with Crippen LogP contribution >= 0.6 is 0 Å². The lowest BCUT2D eigenvalue weighted by molar-refractivity contribution is 0.0747.